The molecule has 3 heteroatoms. The van der Waals surface area contributed by atoms with Crippen LogP contribution in [0.5, 0.6) is 0 Å². The highest BCUT2D eigenvalue weighted by atomic mass is 16.2. The van der Waals surface area contributed by atoms with Gasteiger partial charge in [0.25, 0.3) is 0 Å². The van der Waals surface area contributed by atoms with Crippen LogP contribution in [0.1, 0.15) is 57.8 Å². The third-order valence-electron chi connectivity index (χ3n) is 5.55. The maximum Gasteiger partial charge on any atom is 0.227 e. The highest BCUT2D eigenvalue weighted by molar-refractivity contribution is 5.80. The minimum Gasteiger partial charge on any atom is -0.342 e. The summed E-state index contributed by atoms with van der Waals surface area (Å²) in [4.78, 5) is 14.7. The highest BCUT2D eigenvalue weighted by Gasteiger charge is 2.43. The van der Waals surface area contributed by atoms with Gasteiger partial charge in [-0.15, -0.1) is 0 Å². The van der Waals surface area contributed by atoms with Crippen molar-refractivity contribution in [3.63, 3.8) is 0 Å². The Kier molecular flexibility index (Phi) is 3.35. The predicted molar refractivity (Wildman–Crippen MR) is 72.0 cm³/mol. The average Bonchev–Trinajstić information content (AvgIpc) is 2.97. The van der Waals surface area contributed by atoms with E-state index in [9.17, 15) is 4.79 Å². The number of nitrogens with two attached hydrogens (primary N) is 1. The molecule has 0 bridgehead atoms. The molecule has 3 rings (SSSR count). The van der Waals surface area contributed by atoms with Crippen LogP contribution >= 0.6 is 0 Å². The molecule has 1 aliphatic heterocycles. The number of hydrogen-bond donors (Lipinski definition) is 1. The smallest absolute Gasteiger partial charge is 0.227 e. The first-order valence-electron chi connectivity index (χ1n) is 7.75. The van der Waals surface area contributed by atoms with Crippen LogP contribution in [0.25, 0.3) is 0 Å². The Morgan fingerprint density at radius 3 is 2.50 bits per heavy atom. The maximum atomic E-state index is 12.5. The standard InChI is InChI=1S/C15H26N2O/c16-13-6-4-5-12(13)14(18)17-10-9-15(11-17)7-2-1-3-8-15/h12-13H,1-11,16H2. The van der Waals surface area contributed by atoms with Gasteiger partial charge in [-0.3, -0.25) is 4.79 Å². The molecule has 102 valence electrons. The van der Waals surface area contributed by atoms with Crippen molar-refractivity contribution in [1.29, 1.82) is 0 Å². The van der Waals surface area contributed by atoms with Crippen LogP contribution in [-0.4, -0.2) is 29.9 Å². The minimum atomic E-state index is 0.125. The van der Waals surface area contributed by atoms with Crippen molar-refractivity contribution in [1.82, 2.24) is 4.90 Å². The Balaban J connectivity index is 1.62. The summed E-state index contributed by atoms with van der Waals surface area (Å²) in [7, 11) is 0. The van der Waals surface area contributed by atoms with Crippen molar-refractivity contribution >= 4 is 5.91 Å². The number of carbonyl (C=O) groups excluding carboxylic acids is 1. The Bertz CT molecular complexity index is 322. The number of carbonyl (C=O) groups is 1. The molecule has 2 atom stereocenters. The van der Waals surface area contributed by atoms with E-state index in [0.29, 0.717) is 11.3 Å². The molecule has 2 saturated carbocycles. The number of rotatable bonds is 1. The van der Waals surface area contributed by atoms with Gasteiger partial charge in [0.1, 0.15) is 0 Å². The Morgan fingerprint density at radius 2 is 1.83 bits per heavy atom. The van der Waals surface area contributed by atoms with E-state index in [1.54, 1.807) is 0 Å². The lowest BCUT2D eigenvalue weighted by atomic mass is 9.73. The molecule has 0 aromatic rings. The topological polar surface area (TPSA) is 46.3 Å². The van der Waals surface area contributed by atoms with Crippen molar-refractivity contribution in [3.05, 3.63) is 0 Å². The fourth-order valence-corrected chi connectivity index (χ4v) is 4.36. The van der Waals surface area contributed by atoms with Crippen LogP contribution in [0.15, 0.2) is 0 Å². The van der Waals surface area contributed by atoms with E-state index in [-0.39, 0.29) is 12.0 Å². The van der Waals surface area contributed by atoms with E-state index in [1.165, 1.54) is 38.5 Å². The number of amides is 1. The molecule has 2 unspecified atom stereocenters. The first kappa shape index (κ1) is 12.5. The van der Waals surface area contributed by atoms with Gasteiger partial charge >= 0.3 is 0 Å². The van der Waals surface area contributed by atoms with Crippen molar-refractivity contribution in [2.45, 2.75) is 63.8 Å². The van der Waals surface area contributed by atoms with Gasteiger partial charge in [0.05, 0.1) is 5.92 Å². The second-order valence-corrected chi connectivity index (χ2v) is 6.77. The van der Waals surface area contributed by atoms with Crippen LogP contribution in [-0.2, 0) is 4.79 Å². The zero-order chi connectivity index (χ0) is 12.6. The second-order valence-electron chi connectivity index (χ2n) is 6.77. The molecule has 1 amide bonds. The SMILES string of the molecule is NC1CCCC1C(=O)N1CCC2(CCCCC2)C1. The summed E-state index contributed by atoms with van der Waals surface area (Å²) < 4.78 is 0. The lowest BCUT2D eigenvalue weighted by Crippen LogP contribution is -2.41. The summed E-state index contributed by atoms with van der Waals surface area (Å²) in [5.74, 6) is 0.492. The van der Waals surface area contributed by atoms with E-state index in [0.717, 1.165) is 32.4 Å². The summed E-state index contributed by atoms with van der Waals surface area (Å²) in [5, 5.41) is 0. The molecule has 0 aromatic carbocycles. The second kappa shape index (κ2) is 4.84. The molecule has 1 heterocycles. The van der Waals surface area contributed by atoms with Gasteiger partial charge < -0.3 is 10.6 Å². The van der Waals surface area contributed by atoms with Crippen molar-refractivity contribution in [3.8, 4) is 0 Å². The maximum absolute atomic E-state index is 12.5. The summed E-state index contributed by atoms with van der Waals surface area (Å²) in [6.45, 7) is 2.01. The molecule has 0 radical (unpaired) electrons. The van der Waals surface area contributed by atoms with Gasteiger partial charge in [-0.1, -0.05) is 25.7 Å². The largest absolute Gasteiger partial charge is 0.342 e. The highest BCUT2D eigenvalue weighted by Crippen LogP contribution is 2.44. The summed E-state index contributed by atoms with van der Waals surface area (Å²) in [6, 6.07) is 0.125. The summed E-state index contributed by atoms with van der Waals surface area (Å²) in [6.07, 6.45) is 11.2. The molecule has 3 aliphatic rings. The zero-order valence-corrected chi connectivity index (χ0v) is 11.4. The zero-order valence-electron chi connectivity index (χ0n) is 11.4. The van der Waals surface area contributed by atoms with Crippen LogP contribution < -0.4 is 5.73 Å². The molecule has 2 N–H and O–H groups in total. The minimum absolute atomic E-state index is 0.125. The molecular weight excluding hydrogens is 224 g/mol. The molecular formula is C15H26N2O. The van der Waals surface area contributed by atoms with Gasteiger partial charge in [-0.25, -0.2) is 0 Å². The molecule has 0 aromatic heterocycles. The Hall–Kier alpha value is -0.570. The first-order chi connectivity index (χ1) is 8.70. The first-order valence-corrected chi connectivity index (χ1v) is 7.75. The van der Waals surface area contributed by atoms with Crippen LogP contribution in [0.2, 0.25) is 0 Å². The monoisotopic (exact) mass is 250 g/mol. The van der Waals surface area contributed by atoms with Gasteiger partial charge in [0.15, 0.2) is 0 Å². The van der Waals surface area contributed by atoms with Crippen LogP contribution in [0.3, 0.4) is 0 Å². The van der Waals surface area contributed by atoms with Crippen molar-refractivity contribution in [2.24, 2.45) is 17.1 Å². The number of nitrogens with zero attached hydrogens (tertiary/aromatic N) is 1. The lowest BCUT2D eigenvalue weighted by molar-refractivity contribution is -0.135. The molecule has 2 aliphatic carbocycles. The molecule has 3 fully saturated rings. The summed E-state index contributed by atoms with van der Waals surface area (Å²) in [5.41, 5.74) is 6.55. The van der Waals surface area contributed by atoms with E-state index in [2.05, 4.69) is 4.90 Å². The molecule has 3 nitrogen and oxygen atoms in total. The molecule has 1 saturated heterocycles. The average molecular weight is 250 g/mol. The van der Waals surface area contributed by atoms with Gasteiger partial charge in [0.2, 0.25) is 5.91 Å². The molecule has 18 heavy (non-hydrogen) atoms. The van der Waals surface area contributed by atoms with Gasteiger partial charge in [-0.05, 0) is 37.5 Å². The van der Waals surface area contributed by atoms with Crippen LogP contribution in [0, 0.1) is 11.3 Å². The molecule has 1 spiro atoms. The van der Waals surface area contributed by atoms with E-state index >= 15 is 0 Å². The van der Waals surface area contributed by atoms with Crippen molar-refractivity contribution in [2.75, 3.05) is 13.1 Å². The van der Waals surface area contributed by atoms with Crippen LogP contribution in [0.4, 0.5) is 0 Å². The Labute approximate surface area is 110 Å². The summed E-state index contributed by atoms with van der Waals surface area (Å²) >= 11 is 0. The third kappa shape index (κ3) is 2.18. The lowest BCUT2D eigenvalue weighted by Gasteiger charge is -2.33. The number of hydrogen-bond acceptors (Lipinski definition) is 2. The predicted octanol–water partition coefficient (Wildman–Crippen LogP) is 2.30. The normalized spacial score (nSPS) is 35.3. The van der Waals surface area contributed by atoms with Gasteiger partial charge in [-0.2, -0.15) is 0 Å². The third-order valence-corrected chi connectivity index (χ3v) is 5.55. The van der Waals surface area contributed by atoms with E-state index in [1.807, 2.05) is 0 Å². The van der Waals surface area contributed by atoms with Gasteiger partial charge in [0, 0.05) is 19.1 Å². The van der Waals surface area contributed by atoms with Crippen molar-refractivity contribution < 1.29 is 4.79 Å². The van der Waals surface area contributed by atoms with E-state index in [4.69, 9.17) is 5.73 Å². The fraction of sp³-hybridized carbons (Fsp3) is 0.933. The number of likely N-dealkylation sites (tertiary alicyclic amines) is 1. The Morgan fingerprint density at radius 1 is 1.06 bits per heavy atom. The quantitative estimate of drug-likeness (QED) is 0.776. The van der Waals surface area contributed by atoms with E-state index < -0.39 is 0 Å². The fourth-order valence-electron chi connectivity index (χ4n) is 4.36.